The van der Waals surface area contributed by atoms with Gasteiger partial charge in [-0.05, 0) is 32.2 Å². The quantitative estimate of drug-likeness (QED) is 0.642. The van der Waals surface area contributed by atoms with E-state index in [-0.39, 0.29) is 18.3 Å². The molecule has 10 nitrogen and oxygen atoms in total. The lowest BCUT2D eigenvalue weighted by Gasteiger charge is -2.37. The number of aromatic nitrogens is 4. The number of sulfonamides is 1. The Balaban J connectivity index is 1.30. The number of nitrogens with one attached hydrogen (secondary N) is 2. The van der Waals surface area contributed by atoms with E-state index in [4.69, 9.17) is 4.98 Å². The van der Waals surface area contributed by atoms with E-state index in [0.717, 1.165) is 45.3 Å². The number of fused-ring (bicyclic) bond motifs is 2. The van der Waals surface area contributed by atoms with Crippen LogP contribution in [-0.2, 0) is 10.0 Å². The highest BCUT2D eigenvalue weighted by atomic mass is 32.2. The highest BCUT2D eigenvalue weighted by molar-refractivity contribution is 7.89. The molecule has 2 saturated heterocycles. The first-order valence-electron chi connectivity index (χ1n) is 11.3. The van der Waals surface area contributed by atoms with E-state index >= 15 is 0 Å². The molecule has 1 atom stereocenters. The summed E-state index contributed by atoms with van der Waals surface area (Å²) in [7, 11) is -3.34. The van der Waals surface area contributed by atoms with Crippen LogP contribution in [0.2, 0.25) is 0 Å². The number of piperazine rings is 1. The van der Waals surface area contributed by atoms with Gasteiger partial charge in [-0.2, -0.15) is 9.97 Å². The fourth-order valence-electron chi connectivity index (χ4n) is 4.95. The molecule has 1 unspecified atom stereocenters. The third kappa shape index (κ3) is 4.73. The molecule has 0 aromatic carbocycles. The summed E-state index contributed by atoms with van der Waals surface area (Å²) >= 11 is 0. The molecule has 2 aromatic rings. The van der Waals surface area contributed by atoms with E-state index < -0.39 is 10.0 Å². The summed E-state index contributed by atoms with van der Waals surface area (Å²) in [6, 6.07) is 0.634. The summed E-state index contributed by atoms with van der Waals surface area (Å²) in [5.74, 6) is 1.16. The number of hydrogen-bond acceptors (Lipinski definition) is 9. The molecule has 5 rings (SSSR count). The van der Waals surface area contributed by atoms with Crippen LogP contribution in [0.15, 0.2) is 12.4 Å². The van der Waals surface area contributed by atoms with Gasteiger partial charge >= 0.3 is 0 Å². The lowest BCUT2D eigenvalue weighted by atomic mass is 10.2. The van der Waals surface area contributed by atoms with E-state index in [2.05, 4.69) is 34.8 Å². The smallest absolute Gasteiger partial charge is 0.229 e. The van der Waals surface area contributed by atoms with Crippen LogP contribution in [0.1, 0.15) is 38.5 Å². The first-order chi connectivity index (χ1) is 15.1. The second-order valence-electron chi connectivity index (χ2n) is 8.72. The predicted octanol–water partition coefficient (Wildman–Crippen LogP) is 0.978. The summed E-state index contributed by atoms with van der Waals surface area (Å²) in [5.41, 5.74) is 1.09. The van der Waals surface area contributed by atoms with Gasteiger partial charge in [-0.1, -0.05) is 12.8 Å². The van der Waals surface area contributed by atoms with Crippen LogP contribution in [0.5, 0.6) is 0 Å². The molecule has 2 aliphatic heterocycles. The Bertz CT molecular complexity index is 1030. The summed E-state index contributed by atoms with van der Waals surface area (Å²) in [5, 5.41) is 3.18. The number of hydrogen-bond donors (Lipinski definition) is 2. The summed E-state index contributed by atoms with van der Waals surface area (Å²) < 4.78 is 27.7. The third-order valence-corrected chi connectivity index (χ3v) is 7.99. The van der Waals surface area contributed by atoms with Gasteiger partial charge < -0.3 is 10.2 Å². The average Bonchev–Trinajstić information content (AvgIpc) is 3.44. The summed E-state index contributed by atoms with van der Waals surface area (Å²) in [6.07, 6.45) is 9.72. The maximum Gasteiger partial charge on any atom is 0.229 e. The van der Waals surface area contributed by atoms with Gasteiger partial charge in [0.25, 0.3) is 0 Å². The zero-order valence-corrected chi connectivity index (χ0v) is 18.5. The Kier molecular flexibility index (Phi) is 5.89. The molecular formula is C20H30N8O2S. The van der Waals surface area contributed by atoms with Gasteiger partial charge in [0.15, 0.2) is 17.0 Å². The molecule has 3 aliphatic rings. The maximum absolute atomic E-state index is 12.4. The predicted molar refractivity (Wildman–Crippen MR) is 120 cm³/mol. The molecule has 1 aliphatic carbocycles. The minimum Gasteiger partial charge on any atom is -0.367 e. The molecule has 0 amide bonds. The SMILES string of the molecule is O=S(=O)(CCNc1nc(N2CCN3CCCC3C2)nc2nccnc12)NC1CCCC1. The number of nitrogens with zero attached hydrogens (tertiary/aromatic N) is 6. The van der Waals surface area contributed by atoms with Crippen molar-refractivity contribution < 1.29 is 8.42 Å². The number of anilines is 2. The van der Waals surface area contributed by atoms with E-state index in [1.54, 1.807) is 12.4 Å². The largest absolute Gasteiger partial charge is 0.367 e. The average molecular weight is 447 g/mol. The summed E-state index contributed by atoms with van der Waals surface area (Å²) in [6.45, 7) is 4.23. The summed E-state index contributed by atoms with van der Waals surface area (Å²) in [4.78, 5) is 22.9. The van der Waals surface area contributed by atoms with Crippen molar-refractivity contribution in [1.82, 2.24) is 29.6 Å². The topological polar surface area (TPSA) is 116 Å². The zero-order chi connectivity index (χ0) is 21.3. The normalized spacial score (nSPS) is 22.8. The van der Waals surface area contributed by atoms with Crippen molar-refractivity contribution >= 4 is 33.0 Å². The van der Waals surface area contributed by atoms with Gasteiger partial charge in [-0.25, -0.2) is 23.1 Å². The third-order valence-electron chi connectivity index (χ3n) is 6.56. The first-order valence-corrected chi connectivity index (χ1v) is 12.9. The molecule has 2 N–H and O–H groups in total. The molecule has 0 radical (unpaired) electrons. The molecule has 31 heavy (non-hydrogen) atoms. The Hall–Kier alpha value is -2.11. The zero-order valence-electron chi connectivity index (χ0n) is 17.7. The molecule has 0 spiro atoms. The van der Waals surface area contributed by atoms with E-state index in [1.165, 1.54) is 19.4 Å². The minimum absolute atomic E-state index is 0.00859. The molecule has 1 saturated carbocycles. The monoisotopic (exact) mass is 446 g/mol. The lowest BCUT2D eigenvalue weighted by Crippen LogP contribution is -2.50. The molecular weight excluding hydrogens is 416 g/mol. The standard InChI is InChI=1S/C20H30N8O2S/c29-31(30,26-15-4-1-2-5-15)13-9-23-19-17-18(22-8-7-21-17)24-20(25-19)28-12-11-27-10-3-6-16(27)14-28/h7-8,15-16,26H,1-6,9-14H2,(H,22,23,24,25). The van der Waals surface area contributed by atoms with Crippen molar-refractivity contribution in [3.63, 3.8) is 0 Å². The Morgan fingerprint density at radius 2 is 1.84 bits per heavy atom. The minimum atomic E-state index is -3.34. The fraction of sp³-hybridized carbons (Fsp3) is 0.700. The van der Waals surface area contributed by atoms with Crippen LogP contribution in [0.4, 0.5) is 11.8 Å². The van der Waals surface area contributed by atoms with Gasteiger partial charge in [0.1, 0.15) is 0 Å². The van der Waals surface area contributed by atoms with Gasteiger partial charge in [0, 0.05) is 50.7 Å². The Morgan fingerprint density at radius 1 is 1.00 bits per heavy atom. The van der Waals surface area contributed by atoms with Crippen molar-refractivity contribution in [2.45, 2.75) is 50.6 Å². The van der Waals surface area contributed by atoms with E-state index in [1.807, 2.05) is 0 Å². The van der Waals surface area contributed by atoms with E-state index in [0.29, 0.717) is 29.0 Å². The van der Waals surface area contributed by atoms with Crippen molar-refractivity contribution in [3.8, 4) is 0 Å². The first kappa shape index (κ1) is 20.8. The molecule has 4 heterocycles. The highest BCUT2D eigenvalue weighted by Crippen LogP contribution is 2.26. The van der Waals surface area contributed by atoms with Crippen LogP contribution in [0.25, 0.3) is 11.2 Å². The van der Waals surface area contributed by atoms with Gasteiger partial charge in [-0.15, -0.1) is 0 Å². The van der Waals surface area contributed by atoms with Crippen LogP contribution in [0.3, 0.4) is 0 Å². The van der Waals surface area contributed by atoms with Gasteiger partial charge in [0.05, 0.1) is 5.75 Å². The number of rotatable bonds is 7. The Morgan fingerprint density at radius 3 is 2.71 bits per heavy atom. The van der Waals surface area contributed by atoms with Crippen molar-refractivity contribution in [3.05, 3.63) is 12.4 Å². The van der Waals surface area contributed by atoms with Crippen LogP contribution < -0.4 is 14.9 Å². The second kappa shape index (κ2) is 8.79. The second-order valence-corrected chi connectivity index (χ2v) is 10.6. The van der Waals surface area contributed by atoms with Crippen LogP contribution in [-0.4, -0.2) is 83.8 Å². The van der Waals surface area contributed by atoms with Crippen molar-refractivity contribution in [2.75, 3.05) is 48.7 Å². The molecule has 11 heteroatoms. The molecule has 3 fully saturated rings. The molecule has 2 aromatic heterocycles. The van der Waals surface area contributed by atoms with Crippen molar-refractivity contribution in [1.29, 1.82) is 0 Å². The maximum atomic E-state index is 12.4. The molecule has 168 valence electrons. The van der Waals surface area contributed by atoms with E-state index in [9.17, 15) is 8.42 Å². The molecule has 0 bridgehead atoms. The highest BCUT2D eigenvalue weighted by Gasteiger charge is 2.32. The van der Waals surface area contributed by atoms with Gasteiger partial charge in [0.2, 0.25) is 16.0 Å². The van der Waals surface area contributed by atoms with Crippen molar-refractivity contribution in [2.24, 2.45) is 0 Å². The van der Waals surface area contributed by atoms with Gasteiger partial charge in [-0.3, -0.25) is 4.90 Å². The van der Waals surface area contributed by atoms with Crippen LogP contribution in [0, 0.1) is 0 Å². The lowest BCUT2D eigenvalue weighted by molar-refractivity contribution is 0.230. The Labute approximate surface area is 182 Å². The fourth-order valence-corrected chi connectivity index (χ4v) is 6.18. The van der Waals surface area contributed by atoms with Crippen LogP contribution >= 0.6 is 0 Å².